The number of aliphatic carboxylic acids is 1. The quantitative estimate of drug-likeness (QED) is 0.289. The molecular formula is C18H37O4P. The normalized spacial score (nSPS) is 14.6. The molecule has 0 aliphatic rings. The first-order chi connectivity index (χ1) is 10.8. The summed E-state index contributed by atoms with van der Waals surface area (Å²) >= 11 is 0. The highest BCUT2D eigenvalue weighted by Crippen LogP contribution is 2.54. The zero-order chi connectivity index (χ0) is 17.8. The SMILES string of the molecule is CCCCCCCCCCCCCCP(=O)(O)C(C)(C)C(=O)O. The first-order valence-corrected chi connectivity index (χ1v) is 11.2. The maximum atomic E-state index is 12.1. The summed E-state index contributed by atoms with van der Waals surface area (Å²) in [6.45, 7) is 4.92. The summed E-state index contributed by atoms with van der Waals surface area (Å²) in [5.41, 5.74) is 0. The van der Waals surface area contributed by atoms with Crippen molar-refractivity contribution in [1.29, 1.82) is 0 Å². The Morgan fingerprint density at radius 3 is 1.52 bits per heavy atom. The van der Waals surface area contributed by atoms with Crippen molar-refractivity contribution in [3.63, 3.8) is 0 Å². The third-order valence-electron chi connectivity index (χ3n) is 4.71. The van der Waals surface area contributed by atoms with Gasteiger partial charge in [0.1, 0.15) is 5.16 Å². The summed E-state index contributed by atoms with van der Waals surface area (Å²) in [5.74, 6) is -1.19. The molecule has 0 radical (unpaired) electrons. The number of hydrogen-bond donors (Lipinski definition) is 2. The predicted molar refractivity (Wildman–Crippen MR) is 97.5 cm³/mol. The monoisotopic (exact) mass is 348 g/mol. The molecule has 1 unspecified atom stereocenters. The van der Waals surface area contributed by atoms with Crippen LogP contribution in [0.1, 0.15) is 97.8 Å². The summed E-state index contributed by atoms with van der Waals surface area (Å²) < 4.78 is 12.1. The summed E-state index contributed by atoms with van der Waals surface area (Å²) in [6.07, 6.45) is 14.5. The highest BCUT2D eigenvalue weighted by molar-refractivity contribution is 7.60. The van der Waals surface area contributed by atoms with Gasteiger partial charge in [0.2, 0.25) is 7.37 Å². The Morgan fingerprint density at radius 1 is 0.826 bits per heavy atom. The molecule has 0 spiro atoms. The molecule has 1 atom stereocenters. The molecular weight excluding hydrogens is 311 g/mol. The van der Waals surface area contributed by atoms with Gasteiger partial charge in [0, 0.05) is 6.16 Å². The Labute approximate surface area is 142 Å². The van der Waals surface area contributed by atoms with Crippen LogP contribution in [-0.4, -0.2) is 27.3 Å². The van der Waals surface area contributed by atoms with Crippen LogP contribution < -0.4 is 0 Å². The summed E-state index contributed by atoms with van der Waals surface area (Å²) in [7, 11) is -3.63. The highest BCUT2D eigenvalue weighted by Gasteiger charge is 2.44. The zero-order valence-corrected chi connectivity index (χ0v) is 16.2. The van der Waals surface area contributed by atoms with E-state index >= 15 is 0 Å². The number of carboxylic acid groups (broad SMARTS) is 1. The topological polar surface area (TPSA) is 74.6 Å². The molecule has 2 N–H and O–H groups in total. The average molecular weight is 348 g/mol. The maximum absolute atomic E-state index is 12.1. The molecule has 138 valence electrons. The Kier molecular flexibility index (Phi) is 11.9. The number of hydrogen-bond acceptors (Lipinski definition) is 2. The molecule has 0 fully saturated rings. The second kappa shape index (κ2) is 12.1. The van der Waals surface area contributed by atoms with Crippen LogP contribution in [0.15, 0.2) is 0 Å². The Bertz CT molecular complexity index is 366. The lowest BCUT2D eigenvalue weighted by Gasteiger charge is -2.25. The number of carboxylic acids is 1. The second-order valence-electron chi connectivity index (χ2n) is 7.18. The summed E-state index contributed by atoms with van der Waals surface area (Å²) in [4.78, 5) is 21.0. The van der Waals surface area contributed by atoms with E-state index < -0.39 is 18.5 Å². The first kappa shape index (κ1) is 22.7. The fraction of sp³-hybridized carbons (Fsp3) is 0.944. The summed E-state index contributed by atoms with van der Waals surface area (Å²) in [5, 5.41) is 7.50. The molecule has 0 aliphatic heterocycles. The van der Waals surface area contributed by atoms with E-state index in [-0.39, 0.29) is 6.16 Å². The summed E-state index contributed by atoms with van der Waals surface area (Å²) in [6, 6.07) is 0. The van der Waals surface area contributed by atoms with Crippen LogP contribution in [0.4, 0.5) is 0 Å². The van der Waals surface area contributed by atoms with Crippen molar-refractivity contribution in [2.45, 2.75) is 103 Å². The van der Waals surface area contributed by atoms with Crippen molar-refractivity contribution in [3.05, 3.63) is 0 Å². The lowest BCUT2D eigenvalue weighted by Crippen LogP contribution is -2.32. The predicted octanol–water partition coefficient (Wildman–Crippen LogP) is 5.82. The minimum atomic E-state index is -3.63. The zero-order valence-electron chi connectivity index (χ0n) is 15.4. The van der Waals surface area contributed by atoms with E-state index in [1.165, 1.54) is 71.6 Å². The van der Waals surface area contributed by atoms with Crippen LogP contribution >= 0.6 is 7.37 Å². The molecule has 0 rings (SSSR count). The Morgan fingerprint density at radius 2 is 1.17 bits per heavy atom. The first-order valence-electron chi connectivity index (χ1n) is 9.31. The Hall–Kier alpha value is -0.340. The van der Waals surface area contributed by atoms with E-state index in [4.69, 9.17) is 5.11 Å². The molecule has 0 aromatic carbocycles. The van der Waals surface area contributed by atoms with Crippen LogP contribution in [-0.2, 0) is 9.36 Å². The van der Waals surface area contributed by atoms with E-state index in [2.05, 4.69) is 6.92 Å². The van der Waals surface area contributed by atoms with Crippen molar-refractivity contribution in [2.24, 2.45) is 0 Å². The highest BCUT2D eigenvalue weighted by atomic mass is 31.2. The molecule has 0 bridgehead atoms. The molecule has 0 aromatic heterocycles. The smallest absolute Gasteiger partial charge is 0.318 e. The van der Waals surface area contributed by atoms with Crippen LogP contribution in [0.3, 0.4) is 0 Å². The van der Waals surface area contributed by atoms with Gasteiger partial charge in [-0.3, -0.25) is 9.36 Å². The molecule has 0 amide bonds. The number of carbonyl (C=O) groups is 1. The molecule has 23 heavy (non-hydrogen) atoms. The standard InChI is InChI=1S/C18H37O4P/c1-4-5-6-7-8-9-10-11-12-13-14-15-16-23(21,22)18(2,3)17(19)20/h4-16H2,1-3H3,(H,19,20)(H,21,22). The van der Waals surface area contributed by atoms with Gasteiger partial charge in [-0.15, -0.1) is 0 Å². The van der Waals surface area contributed by atoms with Gasteiger partial charge in [-0.1, -0.05) is 77.6 Å². The fourth-order valence-corrected chi connectivity index (χ4v) is 4.11. The van der Waals surface area contributed by atoms with Gasteiger partial charge in [-0.05, 0) is 20.3 Å². The minimum Gasteiger partial charge on any atom is -0.480 e. The Balaban J connectivity index is 3.56. The number of rotatable bonds is 15. The van der Waals surface area contributed by atoms with Gasteiger partial charge in [0.25, 0.3) is 0 Å². The molecule has 0 aromatic rings. The van der Waals surface area contributed by atoms with Gasteiger partial charge in [-0.2, -0.15) is 0 Å². The molecule has 5 heteroatoms. The molecule has 0 saturated carbocycles. The van der Waals surface area contributed by atoms with Gasteiger partial charge in [0.05, 0.1) is 0 Å². The van der Waals surface area contributed by atoms with E-state index in [9.17, 15) is 14.3 Å². The van der Waals surface area contributed by atoms with Gasteiger partial charge in [0.15, 0.2) is 0 Å². The van der Waals surface area contributed by atoms with E-state index in [0.717, 1.165) is 12.8 Å². The van der Waals surface area contributed by atoms with Gasteiger partial charge >= 0.3 is 5.97 Å². The lowest BCUT2D eigenvalue weighted by atomic mass is 10.1. The molecule has 4 nitrogen and oxygen atoms in total. The molecule has 0 saturated heterocycles. The maximum Gasteiger partial charge on any atom is 0.318 e. The van der Waals surface area contributed by atoms with Crippen LogP contribution in [0, 0.1) is 0 Å². The van der Waals surface area contributed by atoms with E-state index in [0.29, 0.717) is 6.42 Å². The van der Waals surface area contributed by atoms with Crippen molar-refractivity contribution in [2.75, 3.05) is 6.16 Å². The minimum absolute atomic E-state index is 0.115. The van der Waals surface area contributed by atoms with Gasteiger partial charge < -0.3 is 10.00 Å². The van der Waals surface area contributed by atoms with Crippen molar-refractivity contribution < 1.29 is 19.4 Å². The van der Waals surface area contributed by atoms with Crippen LogP contribution in [0.5, 0.6) is 0 Å². The second-order valence-corrected chi connectivity index (χ2v) is 10.1. The molecule has 0 aliphatic carbocycles. The van der Waals surface area contributed by atoms with Crippen molar-refractivity contribution in [1.82, 2.24) is 0 Å². The van der Waals surface area contributed by atoms with Gasteiger partial charge in [-0.25, -0.2) is 0 Å². The van der Waals surface area contributed by atoms with Crippen molar-refractivity contribution in [3.8, 4) is 0 Å². The van der Waals surface area contributed by atoms with Crippen LogP contribution in [0.25, 0.3) is 0 Å². The van der Waals surface area contributed by atoms with Crippen LogP contribution in [0.2, 0.25) is 0 Å². The number of unbranched alkanes of at least 4 members (excludes halogenated alkanes) is 11. The fourth-order valence-electron chi connectivity index (χ4n) is 2.60. The molecule has 0 heterocycles. The van der Waals surface area contributed by atoms with E-state index in [1.807, 2.05) is 0 Å². The van der Waals surface area contributed by atoms with E-state index in [1.54, 1.807) is 0 Å². The third kappa shape index (κ3) is 9.52. The lowest BCUT2D eigenvalue weighted by molar-refractivity contribution is -0.139. The average Bonchev–Trinajstić information content (AvgIpc) is 2.48. The van der Waals surface area contributed by atoms with Crippen molar-refractivity contribution >= 4 is 13.3 Å². The third-order valence-corrected chi connectivity index (χ3v) is 7.57. The largest absolute Gasteiger partial charge is 0.480 e.